The van der Waals surface area contributed by atoms with E-state index in [4.69, 9.17) is 0 Å². The maximum atomic E-state index is 12.7. The molecule has 1 N–H and O–H groups in total. The average Bonchev–Trinajstić information content (AvgIpc) is 3.02. The van der Waals surface area contributed by atoms with E-state index >= 15 is 0 Å². The van der Waals surface area contributed by atoms with Gasteiger partial charge in [0.25, 0.3) is 0 Å². The summed E-state index contributed by atoms with van der Waals surface area (Å²) in [6.07, 6.45) is 1.36. The smallest absolute Gasteiger partial charge is 0.228 e. The lowest BCUT2D eigenvalue weighted by atomic mass is 9.96. The normalized spacial score (nSPS) is 22.8. The summed E-state index contributed by atoms with van der Waals surface area (Å²) >= 11 is 0. The van der Waals surface area contributed by atoms with E-state index in [0.717, 1.165) is 38.3 Å². The van der Waals surface area contributed by atoms with Gasteiger partial charge in [0.2, 0.25) is 11.8 Å². The fourth-order valence-corrected chi connectivity index (χ4v) is 3.62. The quantitative estimate of drug-likeness (QED) is 0.919. The van der Waals surface area contributed by atoms with Crippen LogP contribution >= 0.6 is 0 Å². The van der Waals surface area contributed by atoms with Crippen molar-refractivity contribution in [1.29, 1.82) is 0 Å². The first-order valence-corrected chi connectivity index (χ1v) is 9.00. The molecule has 2 unspecified atom stereocenters. The summed E-state index contributed by atoms with van der Waals surface area (Å²) in [5.74, 6) is 0.394. The van der Waals surface area contributed by atoms with E-state index in [0.29, 0.717) is 18.9 Å². The molecule has 2 aliphatic heterocycles. The van der Waals surface area contributed by atoms with Crippen molar-refractivity contribution < 1.29 is 9.59 Å². The van der Waals surface area contributed by atoms with Crippen LogP contribution in [-0.2, 0) is 9.59 Å². The van der Waals surface area contributed by atoms with Gasteiger partial charge < -0.3 is 15.1 Å². The average molecular weight is 329 g/mol. The van der Waals surface area contributed by atoms with Crippen molar-refractivity contribution in [2.24, 2.45) is 5.92 Å². The molecule has 1 aromatic rings. The van der Waals surface area contributed by atoms with Crippen molar-refractivity contribution in [2.45, 2.75) is 32.6 Å². The number of benzene rings is 1. The second kappa shape index (κ2) is 7.34. The zero-order chi connectivity index (χ0) is 17.1. The van der Waals surface area contributed by atoms with Gasteiger partial charge in [-0.05, 0) is 24.0 Å². The van der Waals surface area contributed by atoms with Gasteiger partial charge in [-0.25, -0.2) is 0 Å². The number of carbonyl (C=O) groups excluding carboxylic acids is 2. The van der Waals surface area contributed by atoms with Gasteiger partial charge in [0.1, 0.15) is 0 Å². The third-order valence-corrected chi connectivity index (χ3v) is 5.27. The molecule has 3 rings (SSSR count). The SMILES string of the molecule is CCC(C)c1ccccc1N1CC(C(=O)N2CCNCC2)CC1=O. The zero-order valence-corrected chi connectivity index (χ0v) is 14.6. The molecule has 0 spiro atoms. The molecule has 2 heterocycles. The van der Waals surface area contributed by atoms with E-state index in [1.807, 2.05) is 28.0 Å². The van der Waals surface area contributed by atoms with Crippen molar-refractivity contribution in [3.8, 4) is 0 Å². The third-order valence-electron chi connectivity index (χ3n) is 5.27. The molecule has 2 saturated heterocycles. The van der Waals surface area contributed by atoms with Gasteiger partial charge in [0.05, 0.1) is 5.92 Å². The van der Waals surface area contributed by atoms with Crippen molar-refractivity contribution >= 4 is 17.5 Å². The molecule has 2 amide bonds. The number of piperazine rings is 1. The van der Waals surface area contributed by atoms with Gasteiger partial charge in [0, 0.05) is 44.8 Å². The Morgan fingerprint density at radius 3 is 2.71 bits per heavy atom. The highest BCUT2D eigenvalue weighted by molar-refractivity contribution is 6.00. The number of carbonyl (C=O) groups is 2. The fourth-order valence-electron chi connectivity index (χ4n) is 3.62. The highest BCUT2D eigenvalue weighted by atomic mass is 16.2. The first-order valence-electron chi connectivity index (χ1n) is 9.00. The Kier molecular flexibility index (Phi) is 5.19. The fraction of sp³-hybridized carbons (Fsp3) is 0.579. The van der Waals surface area contributed by atoms with E-state index in [2.05, 4.69) is 25.2 Å². The molecule has 1 aromatic carbocycles. The molecule has 130 valence electrons. The zero-order valence-electron chi connectivity index (χ0n) is 14.6. The number of anilines is 1. The molecule has 24 heavy (non-hydrogen) atoms. The number of hydrogen-bond acceptors (Lipinski definition) is 3. The number of para-hydroxylation sites is 1. The molecule has 0 aromatic heterocycles. The van der Waals surface area contributed by atoms with Crippen molar-refractivity contribution in [1.82, 2.24) is 10.2 Å². The topological polar surface area (TPSA) is 52.7 Å². The van der Waals surface area contributed by atoms with Gasteiger partial charge in [0.15, 0.2) is 0 Å². The largest absolute Gasteiger partial charge is 0.340 e. The number of nitrogens with zero attached hydrogens (tertiary/aromatic N) is 2. The number of hydrogen-bond donors (Lipinski definition) is 1. The lowest BCUT2D eigenvalue weighted by molar-refractivity contribution is -0.136. The molecular weight excluding hydrogens is 302 g/mol. The van der Waals surface area contributed by atoms with Crippen LogP contribution in [0, 0.1) is 5.92 Å². The van der Waals surface area contributed by atoms with E-state index in [9.17, 15) is 9.59 Å². The predicted molar refractivity (Wildman–Crippen MR) is 95.1 cm³/mol. The third kappa shape index (κ3) is 3.31. The highest BCUT2D eigenvalue weighted by Gasteiger charge is 2.38. The van der Waals surface area contributed by atoms with Gasteiger partial charge >= 0.3 is 0 Å². The van der Waals surface area contributed by atoms with E-state index in [1.54, 1.807) is 0 Å². The summed E-state index contributed by atoms with van der Waals surface area (Å²) in [6, 6.07) is 8.11. The minimum absolute atomic E-state index is 0.0687. The Balaban J connectivity index is 1.77. The summed E-state index contributed by atoms with van der Waals surface area (Å²) in [4.78, 5) is 29.0. The minimum atomic E-state index is -0.208. The maximum Gasteiger partial charge on any atom is 0.228 e. The molecule has 0 saturated carbocycles. The summed E-state index contributed by atoms with van der Waals surface area (Å²) in [6.45, 7) is 8.02. The highest BCUT2D eigenvalue weighted by Crippen LogP contribution is 2.33. The Labute approximate surface area is 144 Å². The second-order valence-electron chi connectivity index (χ2n) is 6.85. The molecule has 0 bridgehead atoms. The number of nitrogens with one attached hydrogen (secondary N) is 1. The van der Waals surface area contributed by atoms with Gasteiger partial charge in [-0.1, -0.05) is 32.0 Å². The number of rotatable bonds is 4. The van der Waals surface area contributed by atoms with Crippen LogP contribution in [0.3, 0.4) is 0 Å². The molecule has 2 fully saturated rings. The van der Waals surface area contributed by atoms with Crippen LogP contribution in [0.2, 0.25) is 0 Å². The van der Waals surface area contributed by atoms with Gasteiger partial charge in [-0.15, -0.1) is 0 Å². The molecular formula is C19H27N3O2. The maximum absolute atomic E-state index is 12.7. The molecule has 5 heteroatoms. The lowest BCUT2D eigenvalue weighted by Crippen LogP contribution is -2.48. The van der Waals surface area contributed by atoms with Crippen molar-refractivity contribution in [3.05, 3.63) is 29.8 Å². The van der Waals surface area contributed by atoms with Gasteiger partial charge in [-0.3, -0.25) is 9.59 Å². The Morgan fingerprint density at radius 2 is 2.00 bits per heavy atom. The van der Waals surface area contributed by atoms with Crippen LogP contribution in [-0.4, -0.2) is 49.4 Å². The summed E-state index contributed by atoms with van der Waals surface area (Å²) in [7, 11) is 0. The monoisotopic (exact) mass is 329 g/mol. The van der Waals surface area contributed by atoms with Crippen LogP contribution in [0.15, 0.2) is 24.3 Å². The predicted octanol–water partition coefficient (Wildman–Crippen LogP) is 1.98. The van der Waals surface area contributed by atoms with Crippen LogP contribution < -0.4 is 10.2 Å². The Morgan fingerprint density at radius 1 is 1.29 bits per heavy atom. The molecule has 2 atom stereocenters. The first-order chi connectivity index (χ1) is 11.6. The molecule has 5 nitrogen and oxygen atoms in total. The van der Waals surface area contributed by atoms with Crippen molar-refractivity contribution in [2.75, 3.05) is 37.6 Å². The van der Waals surface area contributed by atoms with Crippen LogP contribution in [0.25, 0.3) is 0 Å². The number of amides is 2. The molecule has 0 radical (unpaired) electrons. The van der Waals surface area contributed by atoms with Gasteiger partial charge in [-0.2, -0.15) is 0 Å². The second-order valence-corrected chi connectivity index (χ2v) is 6.85. The Bertz CT molecular complexity index is 610. The van der Waals surface area contributed by atoms with E-state index < -0.39 is 0 Å². The van der Waals surface area contributed by atoms with E-state index in [1.165, 1.54) is 5.56 Å². The summed E-state index contributed by atoms with van der Waals surface area (Å²) < 4.78 is 0. The first kappa shape index (κ1) is 17.0. The van der Waals surface area contributed by atoms with Crippen LogP contribution in [0.1, 0.15) is 38.2 Å². The standard InChI is InChI=1S/C19H27N3O2/c1-3-14(2)16-6-4-5-7-17(16)22-13-15(12-18(22)23)19(24)21-10-8-20-9-11-21/h4-7,14-15,20H,3,8-13H2,1-2H3. The van der Waals surface area contributed by atoms with Crippen LogP contribution in [0.5, 0.6) is 0 Å². The van der Waals surface area contributed by atoms with E-state index in [-0.39, 0.29) is 17.7 Å². The summed E-state index contributed by atoms with van der Waals surface area (Å²) in [5, 5.41) is 3.26. The summed E-state index contributed by atoms with van der Waals surface area (Å²) in [5.41, 5.74) is 2.18. The van der Waals surface area contributed by atoms with Crippen molar-refractivity contribution in [3.63, 3.8) is 0 Å². The molecule has 2 aliphatic rings. The minimum Gasteiger partial charge on any atom is -0.340 e. The Hall–Kier alpha value is -1.88. The molecule has 0 aliphatic carbocycles. The lowest BCUT2D eigenvalue weighted by Gasteiger charge is -2.29. The van der Waals surface area contributed by atoms with Crippen LogP contribution in [0.4, 0.5) is 5.69 Å².